The number of carbonyl (C=O) groups is 4. The highest BCUT2D eigenvalue weighted by atomic mass is 16.4. The van der Waals surface area contributed by atoms with Crippen LogP contribution in [0.1, 0.15) is 40.5 Å². The summed E-state index contributed by atoms with van der Waals surface area (Å²) in [6, 6.07) is -4.58. The SMILES string of the molecule is CC(C)[C@H](N)C(=O)N[C@H](C(=O)N[C@@H](C)C(=O)N[C@@H](CCCN=C(N)N)C(=O)O)[C@@H](C)O. The molecule has 178 valence electrons. The van der Waals surface area contributed by atoms with Gasteiger partial charge in [0.05, 0.1) is 12.1 Å². The minimum Gasteiger partial charge on any atom is -0.480 e. The van der Waals surface area contributed by atoms with Gasteiger partial charge in [0.2, 0.25) is 17.7 Å². The van der Waals surface area contributed by atoms with Crippen molar-refractivity contribution in [3.05, 3.63) is 0 Å². The normalized spacial score (nSPS) is 15.7. The molecule has 0 aromatic carbocycles. The molecule has 0 saturated carbocycles. The number of aliphatic hydroxyl groups excluding tert-OH is 1. The third-order valence-electron chi connectivity index (χ3n) is 4.40. The molecule has 0 unspecified atom stereocenters. The van der Waals surface area contributed by atoms with Gasteiger partial charge in [0, 0.05) is 6.54 Å². The summed E-state index contributed by atoms with van der Waals surface area (Å²) < 4.78 is 0. The number of nitrogens with one attached hydrogen (secondary N) is 3. The van der Waals surface area contributed by atoms with Crippen LogP contribution in [-0.2, 0) is 19.2 Å². The van der Waals surface area contributed by atoms with Crippen LogP contribution in [0.5, 0.6) is 0 Å². The van der Waals surface area contributed by atoms with Gasteiger partial charge >= 0.3 is 5.97 Å². The molecular weight excluding hydrogens is 410 g/mol. The first-order chi connectivity index (χ1) is 14.3. The van der Waals surface area contributed by atoms with E-state index in [1.807, 2.05) is 0 Å². The molecule has 0 aromatic heterocycles. The maximum atomic E-state index is 12.5. The lowest BCUT2D eigenvalue weighted by Crippen LogP contribution is -2.59. The third kappa shape index (κ3) is 10.6. The number of rotatable bonds is 13. The summed E-state index contributed by atoms with van der Waals surface area (Å²) in [7, 11) is 0. The summed E-state index contributed by atoms with van der Waals surface area (Å²) in [5, 5.41) is 26.2. The van der Waals surface area contributed by atoms with Crippen molar-refractivity contribution in [3.8, 4) is 0 Å². The van der Waals surface area contributed by atoms with Crippen LogP contribution in [0, 0.1) is 5.92 Å². The predicted molar refractivity (Wildman–Crippen MR) is 114 cm³/mol. The largest absolute Gasteiger partial charge is 0.480 e. The number of carboxylic acids is 1. The fourth-order valence-electron chi connectivity index (χ4n) is 2.38. The Balaban J connectivity index is 4.94. The van der Waals surface area contributed by atoms with E-state index >= 15 is 0 Å². The van der Waals surface area contributed by atoms with Gasteiger partial charge in [-0.3, -0.25) is 19.4 Å². The van der Waals surface area contributed by atoms with Crippen molar-refractivity contribution in [1.82, 2.24) is 16.0 Å². The molecule has 0 aliphatic rings. The Labute approximate surface area is 181 Å². The lowest BCUT2D eigenvalue weighted by Gasteiger charge is -2.25. The van der Waals surface area contributed by atoms with Crippen molar-refractivity contribution in [2.75, 3.05) is 6.54 Å². The zero-order valence-corrected chi connectivity index (χ0v) is 18.3. The Hall–Kier alpha value is -2.93. The summed E-state index contributed by atoms with van der Waals surface area (Å²) >= 11 is 0. The number of nitrogens with two attached hydrogens (primary N) is 3. The number of hydrogen-bond donors (Lipinski definition) is 8. The van der Waals surface area contributed by atoms with Crippen molar-refractivity contribution in [1.29, 1.82) is 0 Å². The van der Waals surface area contributed by atoms with Gasteiger partial charge in [-0.05, 0) is 32.6 Å². The lowest BCUT2D eigenvalue weighted by atomic mass is 10.0. The number of guanidine groups is 1. The Morgan fingerprint density at radius 1 is 0.935 bits per heavy atom. The molecule has 0 aliphatic heterocycles. The molecule has 31 heavy (non-hydrogen) atoms. The second-order valence-electron chi connectivity index (χ2n) is 7.58. The smallest absolute Gasteiger partial charge is 0.326 e. The molecule has 0 rings (SSSR count). The third-order valence-corrected chi connectivity index (χ3v) is 4.40. The molecule has 0 aliphatic carbocycles. The van der Waals surface area contributed by atoms with Crippen molar-refractivity contribution in [2.24, 2.45) is 28.1 Å². The van der Waals surface area contributed by atoms with Crippen LogP contribution in [0.15, 0.2) is 4.99 Å². The zero-order valence-electron chi connectivity index (χ0n) is 18.3. The van der Waals surface area contributed by atoms with Crippen molar-refractivity contribution in [2.45, 2.75) is 70.8 Å². The molecule has 0 heterocycles. The molecule has 3 amide bonds. The standard InChI is InChI=1S/C18H35N7O6/c1-8(2)12(19)15(28)25-13(10(4)26)16(29)23-9(3)14(27)24-11(17(30)31)6-5-7-22-18(20)21/h8-13,26H,5-7,19H2,1-4H3,(H,23,29)(H,24,27)(H,25,28)(H,30,31)(H4,20,21,22)/t9-,10+,11-,12-,13-/m0/s1. The average molecular weight is 446 g/mol. The van der Waals surface area contributed by atoms with E-state index in [1.54, 1.807) is 13.8 Å². The van der Waals surface area contributed by atoms with Gasteiger partial charge in [0.15, 0.2) is 5.96 Å². The molecule has 5 atom stereocenters. The number of aliphatic imine (C=N–C) groups is 1. The van der Waals surface area contributed by atoms with Gasteiger partial charge in [-0.25, -0.2) is 4.79 Å². The van der Waals surface area contributed by atoms with Gasteiger partial charge in [0.25, 0.3) is 0 Å². The fraction of sp³-hybridized carbons (Fsp3) is 0.722. The van der Waals surface area contributed by atoms with E-state index in [-0.39, 0.29) is 24.8 Å². The summed E-state index contributed by atoms with van der Waals surface area (Å²) in [6.07, 6.45) is -0.888. The highest BCUT2D eigenvalue weighted by molar-refractivity contribution is 5.94. The van der Waals surface area contributed by atoms with Crippen LogP contribution in [0.2, 0.25) is 0 Å². The van der Waals surface area contributed by atoms with E-state index in [9.17, 15) is 29.4 Å². The maximum absolute atomic E-state index is 12.5. The van der Waals surface area contributed by atoms with Crippen molar-refractivity contribution in [3.63, 3.8) is 0 Å². The molecule has 11 N–H and O–H groups in total. The molecule has 13 nitrogen and oxygen atoms in total. The summed E-state index contributed by atoms with van der Waals surface area (Å²) in [5.41, 5.74) is 16.1. The molecule has 0 radical (unpaired) electrons. The highest BCUT2D eigenvalue weighted by Crippen LogP contribution is 2.03. The Morgan fingerprint density at radius 3 is 1.97 bits per heavy atom. The van der Waals surface area contributed by atoms with Gasteiger partial charge in [-0.2, -0.15) is 0 Å². The number of aliphatic carboxylic acids is 1. The Kier molecular flexibility index (Phi) is 12.1. The van der Waals surface area contributed by atoms with Crippen LogP contribution in [-0.4, -0.2) is 76.7 Å². The first kappa shape index (κ1) is 28.1. The maximum Gasteiger partial charge on any atom is 0.326 e. The molecule has 13 heteroatoms. The number of carboxylic acid groups (broad SMARTS) is 1. The Morgan fingerprint density at radius 2 is 1.52 bits per heavy atom. The summed E-state index contributed by atoms with van der Waals surface area (Å²) in [4.78, 5) is 52.0. The summed E-state index contributed by atoms with van der Waals surface area (Å²) in [6.45, 7) is 6.29. The van der Waals surface area contributed by atoms with Crippen molar-refractivity contribution >= 4 is 29.7 Å². The molecule has 0 spiro atoms. The van der Waals surface area contributed by atoms with E-state index in [2.05, 4.69) is 20.9 Å². The predicted octanol–water partition coefficient (Wildman–Crippen LogP) is -3.04. The number of carbonyl (C=O) groups excluding carboxylic acids is 3. The van der Waals surface area contributed by atoms with Gasteiger partial charge in [-0.1, -0.05) is 13.8 Å². The van der Waals surface area contributed by atoms with Crippen LogP contribution in [0.3, 0.4) is 0 Å². The summed E-state index contributed by atoms with van der Waals surface area (Å²) in [5.74, 6) is -3.77. The Bertz CT molecular complexity index is 664. The van der Waals surface area contributed by atoms with E-state index in [0.717, 1.165) is 0 Å². The average Bonchev–Trinajstić information content (AvgIpc) is 2.66. The number of hydrogen-bond acceptors (Lipinski definition) is 7. The first-order valence-corrected chi connectivity index (χ1v) is 9.90. The van der Waals surface area contributed by atoms with E-state index in [0.29, 0.717) is 6.42 Å². The van der Waals surface area contributed by atoms with Crippen LogP contribution < -0.4 is 33.2 Å². The van der Waals surface area contributed by atoms with Crippen LogP contribution in [0.4, 0.5) is 0 Å². The second kappa shape index (κ2) is 13.4. The molecule has 0 fully saturated rings. The van der Waals surface area contributed by atoms with E-state index in [4.69, 9.17) is 17.2 Å². The number of amides is 3. The first-order valence-electron chi connectivity index (χ1n) is 9.90. The van der Waals surface area contributed by atoms with E-state index in [1.165, 1.54) is 13.8 Å². The molecular formula is C18H35N7O6. The van der Waals surface area contributed by atoms with Crippen LogP contribution >= 0.6 is 0 Å². The van der Waals surface area contributed by atoms with E-state index < -0.39 is 54.0 Å². The number of aliphatic hydroxyl groups is 1. The minimum atomic E-state index is -1.34. The fourth-order valence-corrected chi connectivity index (χ4v) is 2.38. The van der Waals surface area contributed by atoms with Gasteiger partial charge in [0.1, 0.15) is 18.1 Å². The second-order valence-corrected chi connectivity index (χ2v) is 7.58. The molecule has 0 bridgehead atoms. The molecule has 0 aromatic rings. The monoisotopic (exact) mass is 445 g/mol. The van der Waals surface area contributed by atoms with Gasteiger partial charge < -0.3 is 43.4 Å². The zero-order chi connectivity index (χ0) is 24.3. The minimum absolute atomic E-state index is 0.0674. The van der Waals surface area contributed by atoms with Gasteiger partial charge in [-0.15, -0.1) is 0 Å². The van der Waals surface area contributed by atoms with Crippen LogP contribution in [0.25, 0.3) is 0 Å². The topological polar surface area (TPSA) is 235 Å². The lowest BCUT2D eigenvalue weighted by molar-refractivity contribution is -0.142. The number of nitrogens with zero attached hydrogens (tertiary/aromatic N) is 1. The molecule has 0 saturated heterocycles. The van der Waals surface area contributed by atoms with Crippen molar-refractivity contribution < 1.29 is 29.4 Å². The quantitative estimate of drug-likeness (QED) is 0.0815. The highest BCUT2D eigenvalue weighted by Gasteiger charge is 2.31.